The van der Waals surface area contributed by atoms with Crippen molar-refractivity contribution >= 4 is 21.6 Å². The highest BCUT2D eigenvalue weighted by Gasteiger charge is 2.31. The maximum atomic E-state index is 14.4. The van der Waals surface area contributed by atoms with Crippen molar-refractivity contribution in [1.82, 2.24) is 9.80 Å². The van der Waals surface area contributed by atoms with E-state index in [1.54, 1.807) is 42.2 Å². The average molecular weight is 682 g/mol. The molecule has 0 unspecified atom stereocenters. The minimum absolute atomic E-state index is 0.104. The molecule has 3 aromatic rings. The second kappa shape index (κ2) is 16.0. The van der Waals surface area contributed by atoms with Crippen LogP contribution in [0.15, 0.2) is 71.6 Å². The Kier molecular flexibility index (Phi) is 11.9. The van der Waals surface area contributed by atoms with Crippen LogP contribution in [0.3, 0.4) is 0 Å². The molecule has 0 bridgehead atoms. The monoisotopic (exact) mass is 681 g/mol. The first-order chi connectivity index (χ1) is 23.0. The Morgan fingerprint density at radius 3 is 2.52 bits per heavy atom. The molecule has 0 aromatic heterocycles. The molecule has 0 radical (unpaired) electrons. The van der Waals surface area contributed by atoms with E-state index in [-0.39, 0.29) is 53.6 Å². The van der Waals surface area contributed by atoms with E-state index in [0.717, 1.165) is 36.3 Å². The summed E-state index contributed by atoms with van der Waals surface area (Å²) in [5, 5.41) is 10.3. The SMILES string of the molecule is C[C@H]1CCCCO[C@@H](CN(C)Cc2ccc3c(c2)OCO3)[C@@H](C)CN([C@@H](C)CO)C(=O)c2cc(NS(=O)(=O)c3ccccc3)ccc2O1. The van der Waals surface area contributed by atoms with Gasteiger partial charge in [-0.15, -0.1) is 0 Å². The van der Waals surface area contributed by atoms with E-state index < -0.39 is 16.1 Å². The largest absolute Gasteiger partial charge is 0.490 e. The number of carbonyl (C=O) groups excluding carboxylic acids is 1. The molecule has 2 aliphatic rings. The Morgan fingerprint density at radius 1 is 1.00 bits per heavy atom. The van der Waals surface area contributed by atoms with Crippen LogP contribution in [0.2, 0.25) is 0 Å². The van der Waals surface area contributed by atoms with Gasteiger partial charge in [-0.25, -0.2) is 8.42 Å². The van der Waals surface area contributed by atoms with Gasteiger partial charge in [0.05, 0.1) is 35.3 Å². The van der Waals surface area contributed by atoms with Crippen LogP contribution in [-0.2, 0) is 21.3 Å². The molecule has 2 N–H and O–H groups in total. The molecule has 2 aliphatic heterocycles. The number of sulfonamides is 1. The van der Waals surface area contributed by atoms with Gasteiger partial charge in [-0.1, -0.05) is 31.2 Å². The number of hydrogen-bond acceptors (Lipinski definition) is 9. The van der Waals surface area contributed by atoms with Crippen LogP contribution in [0.4, 0.5) is 5.69 Å². The molecule has 0 saturated heterocycles. The van der Waals surface area contributed by atoms with Gasteiger partial charge in [0.2, 0.25) is 6.79 Å². The number of ether oxygens (including phenoxy) is 4. The van der Waals surface area contributed by atoms with E-state index in [2.05, 4.69) is 16.5 Å². The van der Waals surface area contributed by atoms with Crippen LogP contribution in [-0.4, -0.2) is 87.6 Å². The molecule has 4 atom stereocenters. The van der Waals surface area contributed by atoms with E-state index in [9.17, 15) is 18.3 Å². The second-order valence-electron chi connectivity index (χ2n) is 12.8. The van der Waals surface area contributed by atoms with Gasteiger partial charge >= 0.3 is 0 Å². The van der Waals surface area contributed by atoms with E-state index in [1.807, 2.05) is 32.2 Å². The zero-order chi connectivity index (χ0) is 34.3. The van der Waals surface area contributed by atoms with Gasteiger partial charge in [0.15, 0.2) is 11.5 Å². The predicted molar refractivity (Wildman–Crippen MR) is 183 cm³/mol. The highest BCUT2D eigenvalue weighted by molar-refractivity contribution is 7.92. The number of likely N-dealkylation sites (N-methyl/N-ethyl adjacent to an activating group) is 1. The Labute approximate surface area is 283 Å². The first-order valence-corrected chi connectivity index (χ1v) is 18.0. The third-order valence-corrected chi connectivity index (χ3v) is 10.1. The summed E-state index contributed by atoms with van der Waals surface area (Å²) < 4.78 is 52.7. The number of aliphatic hydroxyl groups is 1. The number of benzene rings is 3. The number of fused-ring (bicyclic) bond motifs is 2. The number of carbonyl (C=O) groups is 1. The minimum Gasteiger partial charge on any atom is -0.490 e. The molecule has 11 nitrogen and oxygen atoms in total. The number of nitrogens with one attached hydrogen (secondary N) is 1. The molecule has 0 aliphatic carbocycles. The third-order valence-electron chi connectivity index (χ3n) is 8.74. The van der Waals surface area contributed by atoms with Crippen LogP contribution in [0, 0.1) is 5.92 Å². The lowest BCUT2D eigenvalue weighted by Crippen LogP contribution is -2.47. The van der Waals surface area contributed by atoms with Crippen LogP contribution in [0.25, 0.3) is 0 Å². The van der Waals surface area contributed by atoms with Gasteiger partial charge in [0.1, 0.15) is 5.75 Å². The molecule has 5 rings (SSSR count). The molecule has 0 spiro atoms. The van der Waals surface area contributed by atoms with Crippen molar-refractivity contribution in [3.05, 3.63) is 77.9 Å². The van der Waals surface area contributed by atoms with Crippen molar-refractivity contribution in [3.8, 4) is 17.2 Å². The Morgan fingerprint density at radius 2 is 1.75 bits per heavy atom. The summed E-state index contributed by atoms with van der Waals surface area (Å²) in [5.74, 6) is 1.38. The lowest BCUT2D eigenvalue weighted by Gasteiger charge is -2.36. The quantitative estimate of drug-likeness (QED) is 0.316. The first kappa shape index (κ1) is 35.5. The summed E-state index contributed by atoms with van der Waals surface area (Å²) in [7, 11) is -1.85. The average Bonchev–Trinajstić information content (AvgIpc) is 3.54. The Hall–Kier alpha value is -3.84. The molecular weight excluding hydrogens is 634 g/mol. The van der Waals surface area contributed by atoms with E-state index in [0.29, 0.717) is 32.0 Å². The number of nitrogens with zero attached hydrogens (tertiary/aromatic N) is 2. The lowest BCUT2D eigenvalue weighted by molar-refractivity contribution is -0.0177. The van der Waals surface area contributed by atoms with Gasteiger partial charge < -0.3 is 29.0 Å². The van der Waals surface area contributed by atoms with Crippen molar-refractivity contribution in [2.45, 2.75) is 69.7 Å². The standard InChI is InChI=1S/C36H47N3O8S/c1-25-20-39(26(2)23-40)36(41)31-19-29(37-48(42,43)30-11-6-5-7-12-30)14-16-32(31)47-27(3)10-8-9-17-44-35(25)22-38(4)21-28-13-15-33-34(18-28)46-24-45-33/h5-7,11-16,18-19,25-27,35,37,40H,8-10,17,20-24H2,1-4H3/t25-,26-,27-,35-/m0/s1. The summed E-state index contributed by atoms with van der Waals surface area (Å²) in [6.45, 7) is 7.94. The van der Waals surface area contributed by atoms with Crippen LogP contribution in [0.5, 0.6) is 17.2 Å². The number of rotatable bonds is 9. The number of anilines is 1. The predicted octanol–water partition coefficient (Wildman–Crippen LogP) is 5.14. The van der Waals surface area contributed by atoms with Gasteiger partial charge in [0, 0.05) is 37.8 Å². The molecular formula is C36H47N3O8S. The Balaban J connectivity index is 1.40. The zero-order valence-corrected chi connectivity index (χ0v) is 28.9. The highest BCUT2D eigenvalue weighted by atomic mass is 32.2. The van der Waals surface area contributed by atoms with Gasteiger partial charge in [0.25, 0.3) is 15.9 Å². The van der Waals surface area contributed by atoms with Crippen molar-refractivity contribution in [1.29, 1.82) is 0 Å². The van der Waals surface area contributed by atoms with Gasteiger partial charge in [-0.2, -0.15) is 0 Å². The van der Waals surface area contributed by atoms with Gasteiger partial charge in [-0.3, -0.25) is 14.4 Å². The minimum atomic E-state index is -3.90. The highest BCUT2D eigenvalue weighted by Crippen LogP contribution is 2.33. The summed E-state index contributed by atoms with van der Waals surface area (Å²) in [4.78, 5) is 18.3. The van der Waals surface area contributed by atoms with Gasteiger partial charge in [-0.05, 0) is 88.2 Å². The fourth-order valence-electron chi connectivity index (χ4n) is 5.99. The molecule has 260 valence electrons. The normalized spacial score (nSPS) is 21.2. The maximum Gasteiger partial charge on any atom is 0.261 e. The topological polar surface area (TPSA) is 127 Å². The summed E-state index contributed by atoms with van der Waals surface area (Å²) in [6.07, 6.45) is 2.08. The summed E-state index contributed by atoms with van der Waals surface area (Å²) >= 11 is 0. The van der Waals surface area contributed by atoms with E-state index >= 15 is 0 Å². The zero-order valence-electron chi connectivity index (χ0n) is 28.1. The second-order valence-corrected chi connectivity index (χ2v) is 14.5. The van der Waals surface area contributed by atoms with Crippen molar-refractivity contribution in [2.75, 3.05) is 44.9 Å². The molecule has 48 heavy (non-hydrogen) atoms. The Bertz CT molecular complexity index is 1640. The number of hydrogen-bond donors (Lipinski definition) is 2. The lowest BCUT2D eigenvalue weighted by atomic mass is 10.0. The number of aliphatic hydroxyl groups excluding tert-OH is 1. The third kappa shape index (κ3) is 8.98. The maximum absolute atomic E-state index is 14.4. The van der Waals surface area contributed by atoms with Crippen LogP contribution in [0.1, 0.15) is 56.0 Å². The molecule has 0 saturated carbocycles. The fourth-order valence-corrected chi connectivity index (χ4v) is 7.06. The van der Waals surface area contributed by atoms with Crippen molar-refractivity contribution in [3.63, 3.8) is 0 Å². The van der Waals surface area contributed by atoms with Crippen LogP contribution >= 0.6 is 0 Å². The summed E-state index contributed by atoms with van der Waals surface area (Å²) in [6, 6.07) is 18.3. The summed E-state index contributed by atoms with van der Waals surface area (Å²) in [5.41, 5.74) is 1.54. The first-order valence-electron chi connectivity index (χ1n) is 16.5. The molecule has 2 heterocycles. The molecule has 3 aromatic carbocycles. The van der Waals surface area contributed by atoms with Crippen molar-refractivity contribution < 1.29 is 37.3 Å². The van der Waals surface area contributed by atoms with Crippen molar-refractivity contribution in [2.24, 2.45) is 5.92 Å². The van der Waals surface area contributed by atoms with Crippen LogP contribution < -0.4 is 18.9 Å². The molecule has 0 fully saturated rings. The fraction of sp³-hybridized carbons (Fsp3) is 0.472. The number of amides is 1. The smallest absolute Gasteiger partial charge is 0.261 e. The van der Waals surface area contributed by atoms with E-state index in [4.69, 9.17) is 18.9 Å². The molecule has 1 amide bonds. The molecule has 12 heteroatoms. The van der Waals surface area contributed by atoms with E-state index in [1.165, 1.54) is 18.2 Å².